The van der Waals surface area contributed by atoms with Crippen molar-refractivity contribution in [2.24, 2.45) is 7.05 Å². The molecule has 172 valence electrons. The Morgan fingerprint density at radius 2 is 1.81 bits per heavy atom. The lowest BCUT2D eigenvalue weighted by Crippen LogP contribution is -2.34. The number of urea groups is 1. The zero-order valence-corrected chi connectivity index (χ0v) is 19.3. The monoisotopic (exact) mass is 459 g/mol. The van der Waals surface area contributed by atoms with Crippen molar-refractivity contribution >= 4 is 28.6 Å². The normalized spacial score (nSPS) is 15.2. The van der Waals surface area contributed by atoms with Gasteiger partial charge >= 0.3 is 6.03 Å². The molecule has 1 aromatic carbocycles. The number of nitrogens with zero attached hydrogens (tertiary/aromatic N) is 3. The van der Waals surface area contributed by atoms with Gasteiger partial charge in [-0.15, -0.1) is 0 Å². The molecule has 0 fully saturated rings. The minimum atomic E-state index is -1.92. The van der Waals surface area contributed by atoms with Gasteiger partial charge in [-0.3, -0.25) is 14.2 Å². The highest BCUT2D eigenvalue weighted by molar-refractivity contribution is 7.83. The molecule has 2 aromatic rings. The highest BCUT2D eigenvalue weighted by atomic mass is 32.2. The average molecular weight is 460 g/mol. The number of likely N-dealkylation sites (N-methyl/N-ethyl adjacent to an activating group) is 1. The highest BCUT2D eigenvalue weighted by Gasteiger charge is 2.26. The largest absolute Gasteiger partial charge is 0.395 e. The predicted octanol–water partition coefficient (Wildman–Crippen LogP) is 1.70. The number of nitrogens with one attached hydrogen (secondary N) is 2. The first-order valence-corrected chi connectivity index (χ1v) is 12.2. The molecule has 4 rings (SSSR count). The van der Waals surface area contributed by atoms with Crippen LogP contribution in [0.1, 0.15) is 52.5 Å². The molecule has 3 N–H and O–H groups in total. The molecule has 1 atom stereocenters. The quantitative estimate of drug-likeness (QED) is 0.583. The number of aromatic nitrogens is 2. The van der Waals surface area contributed by atoms with E-state index in [1.165, 1.54) is 37.9 Å². The number of anilines is 1. The maximum atomic E-state index is 12.8. The van der Waals surface area contributed by atoms with Crippen molar-refractivity contribution in [2.45, 2.75) is 50.5 Å². The van der Waals surface area contributed by atoms with Crippen LogP contribution >= 0.6 is 0 Å². The van der Waals surface area contributed by atoms with Crippen molar-refractivity contribution in [3.05, 3.63) is 40.1 Å². The summed E-state index contributed by atoms with van der Waals surface area (Å²) in [4.78, 5) is 26.8. The van der Waals surface area contributed by atoms with E-state index in [1.807, 2.05) is 6.92 Å². The number of carbonyl (C=O) groups excluding carboxylic acids is 2. The second-order valence-corrected chi connectivity index (χ2v) is 9.32. The Bertz CT molecular complexity index is 1050. The molecule has 1 unspecified atom stereocenters. The molecular weight excluding hydrogens is 430 g/mol. The van der Waals surface area contributed by atoms with E-state index in [0.717, 1.165) is 44.2 Å². The van der Waals surface area contributed by atoms with E-state index < -0.39 is 17.0 Å². The van der Waals surface area contributed by atoms with Crippen molar-refractivity contribution in [1.82, 2.24) is 19.4 Å². The molecule has 0 aliphatic heterocycles. The third-order valence-electron chi connectivity index (χ3n) is 6.20. The molecule has 9 nitrogen and oxygen atoms in total. The third kappa shape index (κ3) is 4.29. The van der Waals surface area contributed by atoms with E-state index in [4.69, 9.17) is 5.11 Å². The SMILES string of the molecule is CCN(CCO)C(=O)c1cc(S(=O)NC(=O)Nc2c3c(cc4c2CCC4)CCC3)nn1C. The van der Waals surface area contributed by atoms with E-state index in [1.54, 1.807) is 7.05 Å². The lowest BCUT2D eigenvalue weighted by molar-refractivity contribution is 0.0721. The van der Waals surface area contributed by atoms with Crippen LogP contribution in [0.25, 0.3) is 0 Å². The van der Waals surface area contributed by atoms with Gasteiger partial charge in [-0.2, -0.15) is 5.10 Å². The van der Waals surface area contributed by atoms with Crippen LogP contribution in [0.4, 0.5) is 10.5 Å². The fourth-order valence-electron chi connectivity index (χ4n) is 4.66. The van der Waals surface area contributed by atoms with Crippen LogP contribution in [0, 0.1) is 0 Å². The molecule has 1 heterocycles. The topological polar surface area (TPSA) is 117 Å². The average Bonchev–Trinajstić information content (AvgIpc) is 3.50. The van der Waals surface area contributed by atoms with Crippen molar-refractivity contribution in [3.63, 3.8) is 0 Å². The summed E-state index contributed by atoms with van der Waals surface area (Å²) < 4.78 is 16.6. The standard InChI is InChI=1S/C22H29N5O4S/c1-3-27(10-11-28)21(29)18-13-19(24-26(18)2)32(31)25-22(30)23-20-16-8-4-6-14(16)12-15-7-5-9-17(15)20/h12-13,28H,3-11H2,1-2H3,(H2,23,25,30). The summed E-state index contributed by atoms with van der Waals surface area (Å²) in [6.45, 7) is 2.29. The lowest BCUT2D eigenvalue weighted by atomic mass is 9.99. The van der Waals surface area contributed by atoms with Crippen LogP contribution in [-0.4, -0.2) is 55.6 Å². The maximum absolute atomic E-state index is 12.8. The van der Waals surface area contributed by atoms with Gasteiger partial charge in [-0.25, -0.2) is 9.00 Å². The van der Waals surface area contributed by atoms with E-state index in [-0.39, 0.29) is 29.8 Å². The number of aliphatic hydroxyl groups is 1. The van der Waals surface area contributed by atoms with Crippen LogP contribution in [0.5, 0.6) is 0 Å². The van der Waals surface area contributed by atoms with Gasteiger partial charge < -0.3 is 15.3 Å². The van der Waals surface area contributed by atoms with E-state index >= 15 is 0 Å². The van der Waals surface area contributed by atoms with Crippen LogP contribution in [0.15, 0.2) is 17.2 Å². The smallest absolute Gasteiger partial charge is 0.331 e. The van der Waals surface area contributed by atoms with Gasteiger partial charge in [0.25, 0.3) is 5.91 Å². The fourth-order valence-corrected chi connectivity index (χ4v) is 5.40. The van der Waals surface area contributed by atoms with E-state index in [2.05, 4.69) is 21.2 Å². The van der Waals surface area contributed by atoms with Gasteiger partial charge in [0.2, 0.25) is 0 Å². The van der Waals surface area contributed by atoms with Crippen molar-refractivity contribution in [3.8, 4) is 0 Å². The molecule has 0 saturated carbocycles. The lowest BCUT2D eigenvalue weighted by Gasteiger charge is -2.19. The summed E-state index contributed by atoms with van der Waals surface area (Å²) in [7, 11) is -0.342. The Kier molecular flexibility index (Phi) is 6.61. The summed E-state index contributed by atoms with van der Waals surface area (Å²) in [6.07, 6.45) is 6.09. The predicted molar refractivity (Wildman–Crippen MR) is 121 cm³/mol. The molecular formula is C22H29N5O4S. The molecule has 3 amide bonds. The summed E-state index contributed by atoms with van der Waals surface area (Å²) in [5.41, 5.74) is 6.12. The summed E-state index contributed by atoms with van der Waals surface area (Å²) >= 11 is 0. The molecule has 2 aliphatic carbocycles. The first kappa shape index (κ1) is 22.5. The first-order chi connectivity index (χ1) is 15.4. The Hall–Kier alpha value is -2.72. The van der Waals surface area contributed by atoms with Gasteiger partial charge in [0, 0.05) is 31.9 Å². The van der Waals surface area contributed by atoms with Crippen LogP contribution in [0.3, 0.4) is 0 Å². The summed E-state index contributed by atoms with van der Waals surface area (Å²) in [5, 5.41) is 16.3. The zero-order valence-electron chi connectivity index (χ0n) is 18.4. The second kappa shape index (κ2) is 9.41. The minimum absolute atomic E-state index is 0.0922. The van der Waals surface area contributed by atoms with E-state index in [0.29, 0.717) is 6.54 Å². The number of rotatable bonds is 7. The van der Waals surface area contributed by atoms with Gasteiger partial charge in [0.15, 0.2) is 16.0 Å². The Balaban J connectivity index is 1.48. The number of amides is 3. The van der Waals surface area contributed by atoms with Gasteiger partial charge in [0.1, 0.15) is 5.69 Å². The number of fused-ring (bicyclic) bond motifs is 2. The number of aryl methyl sites for hydroxylation is 3. The Morgan fingerprint density at radius 3 is 2.41 bits per heavy atom. The summed E-state index contributed by atoms with van der Waals surface area (Å²) in [6, 6.07) is 3.15. The number of carbonyl (C=O) groups is 2. The molecule has 0 spiro atoms. The number of hydrogen-bond acceptors (Lipinski definition) is 5. The molecule has 0 radical (unpaired) electrons. The molecule has 0 saturated heterocycles. The number of hydrogen-bond donors (Lipinski definition) is 3. The minimum Gasteiger partial charge on any atom is -0.395 e. The Labute approximate surface area is 189 Å². The van der Waals surface area contributed by atoms with Gasteiger partial charge in [-0.1, -0.05) is 6.07 Å². The molecule has 0 bridgehead atoms. The summed E-state index contributed by atoms with van der Waals surface area (Å²) in [5.74, 6) is -0.320. The third-order valence-corrected chi connectivity index (χ3v) is 7.15. The second-order valence-electron chi connectivity index (χ2n) is 8.16. The Morgan fingerprint density at radius 1 is 1.16 bits per heavy atom. The molecule has 2 aliphatic rings. The van der Waals surface area contributed by atoms with Crippen LogP contribution in [-0.2, 0) is 43.7 Å². The number of benzene rings is 1. The van der Waals surface area contributed by atoms with E-state index in [9.17, 15) is 13.8 Å². The van der Waals surface area contributed by atoms with Crippen molar-refractivity contribution < 1.29 is 18.9 Å². The zero-order chi connectivity index (χ0) is 22.8. The van der Waals surface area contributed by atoms with Crippen molar-refractivity contribution in [1.29, 1.82) is 0 Å². The molecule has 1 aromatic heterocycles. The van der Waals surface area contributed by atoms with Gasteiger partial charge in [0.05, 0.1) is 6.61 Å². The van der Waals surface area contributed by atoms with Crippen molar-refractivity contribution in [2.75, 3.05) is 25.0 Å². The number of aliphatic hydroxyl groups excluding tert-OH is 1. The first-order valence-electron chi connectivity index (χ1n) is 11.0. The van der Waals surface area contributed by atoms with Crippen LogP contribution in [0.2, 0.25) is 0 Å². The highest BCUT2D eigenvalue weighted by Crippen LogP contribution is 2.38. The molecule has 10 heteroatoms. The van der Waals surface area contributed by atoms with Crippen LogP contribution < -0.4 is 10.0 Å². The molecule has 32 heavy (non-hydrogen) atoms. The maximum Gasteiger partial charge on any atom is 0.331 e. The fraction of sp³-hybridized carbons (Fsp3) is 0.500. The van der Waals surface area contributed by atoms with Gasteiger partial charge in [-0.05, 0) is 67.7 Å².